The van der Waals surface area contributed by atoms with Crippen molar-refractivity contribution in [1.29, 1.82) is 0 Å². The minimum atomic E-state index is -2.83. The van der Waals surface area contributed by atoms with Gasteiger partial charge in [0.15, 0.2) is 11.6 Å². The summed E-state index contributed by atoms with van der Waals surface area (Å²) in [6.45, 7) is 1.88. The van der Waals surface area contributed by atoms with Gasteiger partial charge in [-0.05, 0) is 25.1 Å². The minimum absolute atomic E-state index is 0.0434. The van der Waals surface area contributed by atoms with E-state index in [4.69, 9.17) is 9.47 Å². The third-order valence-electron chi connectivity index (χ3n) is 5.34. The van der Waals surface area contributed by atoms with Crippen molar-refractivity contribution in [3.63, 3.8) is 0 Å². The summed E-state index contributed by atoms with van der Waals surface area (Å²) in [5.74, 6) is -2.58. The summed E-state index contributed by atoms with van der Waals surface area (Å²) in [6, 6.07) is 4.61. The molecule has 4 rings (SSSR count). The van der Waals surface area contributed by atoms with Crippen LogP contribution in [0, 0.1) is 11.6 Å². The van der Waals surface area contributed by atoms with Crippen LogP contribution in [-0.2, 0) is 16.9 Å². The van der Waals surface area contributed by atoms with Gasteiger partial charge < -0.3 is 19.2 Å². The van der Waals surface area contributed by atoms with E-state index in [1.54, 1.807) is 6.92 Å². The van der Waals surface area contributed by atoms with E-state index in [0.29, 0.717) is 12.1 Å². The monoisotopic (exact) mass is 437 g/mol. The number of alkyl halides is 2. The molecule has 3 heterocycles. The molecule has 1 atom stereocenters. The second kappa shape index (κ2) is 7.84. The Labute approximate surface area is 174 Å². The summed E-state index contributed by atoms with van der Waals surface area (Å²) in [4.78, 5) is 17.1. The number of amides is 1. The van der Waals surface area contributed by atoms with E-state index in [-0.39, 0.29) is 35.7 Å². The number of halogens is 4. The Morgan fingerprint density at radius 1 is 1.32 bits per heavy atom. The molecule has 10 heteroatoms. The van der Waals surface area contributed by atoms with Crippen molar-refractivity contribution in [3.05, 3.63) is 64.6 Å². The third kappa shape index (κ3) is 3.71. The molecular formula is C21H19F4N3O3. The van der Waals surface area contributed by atoms with E-state index in [1.165, 1.54) is 29.8 Å². The number of carbonyl (C=O) groups is 1. The van der Waals surface area contributed by atoms with E-state index >= 15 is 0 Å². The summed E-state index contributed by atoms with van der Waals surface area (Å²) in [5.41, 5.74) is -0.742. The highest BCUT2D eigenvalue weighted by Gasteiger charge is 2.37. The number of nitrogens with zero attached hydrogens (tertiary/aromatic N) is 2. The van der Waals surface area contributed by atoms with Gasteiger partial charge in [0.05, 0.1) is 30.0 Å². The van der Waals surface area contributed by atoms with Gasteiger partial charge in [0.2, 0.25) is 0 Å². The van der Waals surface area contributed by atoms with Crippen LogP contribution in [0.4, 0.5) is 17.6 Å². The molecule has 0 saturated heterocycles. The molecule has 31 heavy (non-hydrogen) atoms. The van der Waals surface area contributed by atoms with E-state index in [2.05, 4.69) is 10.3 Å². The summed E-state index contributed by atoms with van der Waals surface area (Å²) in [6.07, 6.45) is -0.993. The van der Waals surface area contributed by atoms with Gasteiger partial charge in [-0.25, -0.2) is 22.5 Å². The van der Waals surface area contributed by atoms with Crippen molar-refractivity contribution in [2.75, 3.05) is 13.7 Å². The molecule has 0 bridgehead atoms. The maximum absolute atomic E-state index is 13.9. The quantitative estimate of drug-likeness (QED) is 0.610. The number of hydrogen-bond donors (Lipinski definition) is 1. The zero-order chi connectivity index (χ0) is 22.3. The van der Waals surface area contributed by atoms with Gasteiger partial charge in [0.1, 0.15) is 17.1 Å². The zero-order valence-electron chi connectivity index (χ0n) is 16.7. The molecule has 1 aliphatic heterocycles. The van der Waals surface area contributed by atoms with Gasteiger partial charge in [-0.2, -0.15) is 0 Å². The third-order valence-corrected chi connectivity index (χ3v) is 5.34. The highest BCUT2D eigenvalue weighted by Crippen LogP contribution is 2.38. The lowest BCUT2D eigenvalue weighted by atomic mass is 9.86. The molecule has 164 valence electrons. The lowest BCUT2D eigenvalue weighted by Crippen LogP contribution is -2.46. The minimum Gasteiger partial charge on any atom is -0.493 e. The summed E-state index contributed by atoms with van der Waals surface area (Å²) >= 11 is 0. The number of carbonyl (C=O) groups excluding carboxylic acids is 1. The zero-order valence-corrected chi connectivity index (χ0v) is 16.7. The molecule has 3 aromatic rings. The van der Waals surface area contributed by atoms with E-state index in [1.807, 2.05) is 0 Å². The molecule has 1 aromatic carbocycles. The standard InChI is InChI=1S/C21H19F4N3O3/c1-21(4-6-31-17-9-15(23)14(22)8-13(17)21)27-20(29)12-3-5-28-11(10-30-2)7-16(18(24)25)26-19(12)28/h3,5,7-9,18H,4,6,10H2,1-2H3,(H,27,29). The molecule has 1 unspecified atom stereocenters. The molecule has 6 nitrogen and oxygen atoms in total. The Bertz CT molecular complexity index is 1160. The molecule has 2 aromatic heterocycles. The molecule has 0 aliphatic carbocycles. The molecule has 0 saturated carbocycles. The van der Waals surface area contributed by atoms with E-state index in [0.717, 1.165) is 12.1 Å². The van der Waals surface area contributed by atoms with Crippen molar-refractivity contribution in [1.82, 2.24) is 14.7 Å². The van der Waals surface area contributed by atoms with Crippen LogP contribution in [-0.4, -0.2) is 29.0 Å². The maximum Gasteiger partial charge on any atom is 0.280 e. The normalized spacial score (nSPS) is 18.2. The van der Waals surface area contributed by atoms with Crippen molar-refractivity contribution in [2.24, 2.45) is 0 Å². The number of fused-ring (bicyclic) bond motifs is 2. The van der Waals surface area contributed by atoms with Gasteiger partial charge in [-0.3, -0.25) is 4.79 Å². The fourth-order valence-corrected chi connectivity index (χ4v) is 3.74. The van der Waals surface area contributed by atoms with Crippen molar-refractivity contribution in [3.8, 4) is 5.75 Å². The number of nitrogens with one attached hydrogen (secondary N) is 1. The SMILES string of the molecule is COCc1cc(C(F)F)nc2c(C(=O)NC3(C)CCOc4cc(F)c(F)cc43)ccn12. The van der Waals surface area contributed by atoms with E-state index < -0.39 is 35.2 Å². The van der Waals surface area contributed by atoms with Crippen LogP contribution in [0.25, 0.3) is 5.65 Å². The van der Waals surface area contributed by atoms with Crippen LogP contribution in [0.3, 0.4) is 0 Å². The Hall–Kier alpha value is -3.14. The molecule has 1 N–H and O–H groups in total. The molecule has 0 fully saturated rings. The maximum atomic E-state index is 13.9. The molecule has 1 amide bonds. The average Bonchev–Trinajstić information content (AvgIpc) is 3.14. The molecule has 0 radical (unpaired) electrons. The van der Waals surface area contributed by atoms with Crippen LogP contribution in [0.2, 0.25) is 0 Å². The Balaban J connectivity index is 1.74. The molecule has 0 spiro atoms. The summed E-state index contributed by atoms with van der Waals surface area (Å²) < 4.78 is 66.1. The second-order valence-corrected chi connectivity index (χ2v) is 7.48. The first-order chi connectivity index (χ1) is 14.7. The van der Waals surface area contributed by atoms with Crippen molar-refractivity contribution >= 4 is 11.6 Å². The highest BCUT2D eigenvalue weighted by atomic mass is 19.3. The Kier molecular flexibility index (Phi) is 5.34. The van der Waals surface area contributed by atoms with Crippen molar-refractivity contribution in [2.45, 2.75) is 31.9 Å². The first-order valence-corrected chi connectivity index (χ1v) is 9.46. The fourth-order valence-electron chi connectivity index (χ4n) is 3.74. The van der Waals surface area contributed by atoms with Gasteiger partial charge in [-0.15, -0.1) is 0 Å². The van der Waals surface area contributed by atoms with Gasteiger partial charge in [-0.1, -0.05) is 0 Å². The van der Waals surface area contributed by atoms with Gasteiger partial charge >= 0.3 is 0 Å². The summed E-state index contributed by atoms with van der Waals surface area (Å²) in [5, 5.41) is 2.81. The second-order valence-electron chi connectivity index (χ2n) is 7.48. The van der Waals surface area contributed by atoms with Crippen LogP contribution in [0.15, 0.2) is 30.5 Å². The predicted molar refractivity (Wildman–Crippen MR) is 102 cm³/mol. The smallest absolute Gasteiger partial charge is 0.280 e. The van der Waals surface area contributed by atoms with Crippen LogP contribution >= 0.6 is 0 Å². The molecule has 1 aliphatic rings. The first kappa shape index (κ1) is 21.1. The molecular weight excluding hydrogens is 418 g/mol. The number of rotatable bonds is 5. The highest BCUT2D eigenvalue weighted by molar-refractivity contribution is 6.00. The number of benzene rings is 1. The Morgan fingerprint density at radius 2 is 2.06 bits per heavy atom. The number of aromatic nitrogens is 2. The lowest BCUT2D eigenvalue weighted by Gasteiger charge is -2.36. The number of hydrogen-bond acceptors (Lipinski definition) is 4. The average molecular weight is 437 g/mol. The van der Waals surface area contributed by atoms with Crippen LogP contribution in [0.1, 0.15) is 47.1 Å². The summed E-state index contributed by atoms with van der Waals surface area (Å²) in [7, 11) is 1.43. The number of methoxy groups -OCH3 is 1. The lowest BCUT2D eigenvalue weighted by molar-refractivity contribution is 0.0873. The fraction of sp³-hybridized carbons (Fsp3) is 0.333. The van der Waals surface area contributed by atoms with E-state index in [9.17, 15) is 22.4 Å². The van der Waals surface area contributed by atoms with Gasteiger partial charge in [0, 0.05) is 31.4 Å². The topological polar surface area (TPSA) is 64.9 Å². The van der Waals surface area contributed by atoms with Crippen LogP contribution in [0.5, 0.6) is 5.75 Å². The number of ether oxygens (including phenoxy) is 2. The Morgan fingerprint density at radius 3 is 2.77 bits per heavy atom. The first-order valence-electron chi connectivity index (χ1n) is 9.46. The van der Waals surface area contributed by atoms with Crippen molar-refractivity contribution < 1.29 is 31.8 Å². The largest absolute Gasteiger partial charge is 0.493 e. The predicted octanol–water partition coefficient (Wildman–Crippen LogP) is 4.12. The van der Waals surface area contributed by atoms with Gasteiger partial charge in [0.25, 0.3) is 12.3 Å². The van der Waals surface area contributed by atoms with Crippen LogP contribution < -0.4 is 10.1 Å².